The number of rotatable bonds is 8. The van der Waals surface area contributed by atoms with E-state index in [0.717, 1.165) is 72.5 Å². The maximum atomic E-state index is 5.13. The average Bonchev–Trinajstić information content (AvgIpc) is 3.82. The van der Waals surface area contributed by atoms with Crippen molar-refractivity contribution in [2.45, 2.75) is 39.2 Å². The smallest absolute Gasteiger partial charge is 0.145 e. The number of hydrogen-bond donors (Lipinski definition) is 0. The molecule has 0 unspecified atom stereocenters. The largest absolute Gasteiger partial charge is 0.319 e. The van der Waals surface area contributed by atoms with E-state index in [1.54, 1.807) is 0 Å². The van der Waals surface area contributed by atoms with E-state index in [4.69, 9.17) is 9.92 Å². The molecular formula is C53H43N4OPt-. The van der Waals surface area contributed by atoms with E-state index in [2.05, 4.69) is 219 Å². The van der Waals surface area contributed by atoms with Gasteiger partial charge in [-0.25, -0.2) is 4.98 Å². The molecule has 1 aliphatic rings. The minimum atomic E-state index is -0.807. The van der Waals surface area contributed by atoms with Crippen molar-refractivity contribution in [3.8, 4) is 16.9 Å². The molecule has 0 bridgehead atoms. The summed E-state index contributed by atoms with van der Waals surface area (Å²) in [5.74, 6) is 0.849. The molecule has 0 saturated carbocycles. The van der Waals surface area contributed by atoms with Crippen molar-refractivity contribution in [1.29, 1.82) is 0 Å². The third kappa shape index (κ3) is 6.28. The summed E-state index contributed by atoms with van der Waals surface area (Å²) in [6.45, 7) is 8.69. The van der Waals surface area contributed by atoms with Gasteiger partial charge in [0.1, 0.15) is 17.2 Å². The number of para-hydroxylation sites is 3. The van der Waals surface area contributed by atoms with Crippen LogP contribution >= 0.6 is 0 Å². The quantitative estimate of drug-likeness (QED) is 0.0865. The molecule has 0 fully saturated rings. The Balaban J connectivity index is 0.00000449. The van der Waals surface area contributed by atoms with Gasteiger partial charge in [0, 0.05) is 43.9 Å². The second-order valence-corrected chi connectivity index (χ2v) is 15.4. The molecule has 9 aromatic rings. The molecule has 1 N–H and O–H groups in total. The average molecular weight is 947 g/mol. The van der Waals surface area contributed by atoms with Crippen molar-refractivity contribution in [2.75, 3.05) is 10.1 Å². The van der Waals surface area contributed by atoms with Crippen LogP contribution < -0.4 is 10.1 Å². The predicted molar refractivity (Wildman–Crippen MR) is 237 cm³/mol. The van der Waals surface area contributed by atoms with Gasteiger partial charge in [-0.2, -0.15) is 35.3 Å². The molecular weight excluding hydrogens is 904 g/mol. The van der Waals surface area contributed by atoms with E-state index in [-0.39, 0.29) is 27.1 Å². The van der Waals surface area contributed by atoms with E-state index >= 15 is 0 Å². The Morgan fingerprint density at radius 3 is 1.93 bits per heavy atom. The van der Waals surface area contributed by atoms with E-state index in [1.165, 1.54) is 16.7 Å². The van der Waals surface area contributed by atoms with Crippen molar-refractivity contribution < 1.29 is 26.0 Å². The van der Waals surface area contributed by atoms with Crippen LogP contribution in [0.5, 0.6) is 0 Å². The van der Waals surface area contributed by atoms with Gasteiger partial charge in [0.25, 0.3) is 0 Å². The minimum absolute atomic E-state index is 0. The number of aryl methyl sites for hydroxylation is 2. The van der Waals surface area contributed by atoms with Gasteiger partial charge in [-0.15, -0.1) is 38.8 Å². The first-order chi connectivity index (χ1) is 28.4. The van der Waals surface area contributed by atoms with Gasteiger partial charge in [0.2, 0.25) is 0 Å². The minimum Gasteiger partial charge on any atom is -0.319 e. The van der Waals surface area contributed by atoms with Crippen LogP contribution in [0.3, 0.4) is 0 Å². The van der Waals surface area contributed by atoms with Crippen molar-refractivity contribution >= 4 is 38.9 Å². The van der Waals surface area contributed by atoms with Gasteiger partial charge in [-0.1, -0.05) is 115 Å². The van der Waals surface area contributed by atoms with Gasteiger partial charge in [-0.3, -0.25) is 0 Å². The number of fused-ring (bicyclic) bond motifs is 4. The third-order valence-corrected chi connectivity index (χ3v) is 11.6. The van der Waals surface area contributed by atoms with Crippen molar-refractivity contribution in [3.05, 3.63) is 222 Å². The van der Waals surface area contributed by atoms with E-state index in [0.29, 0.717) is 0 Å². The van der Waals surface area contributed by atoms with Crippen LogP contribution in [0.2, 0.25) is 0 Å². The summed E-state index contributed by atoms with van der Waals surface area (Å²) in [7, 11) is 0. The monoisotopic (exact) mass is 946 g/mol. The molecule has 10 rings (SSSR count). The molecule has 0 radical (unpaired) electrons. The van der Waals surface area contributed by atoms with E-state index in [9.17, 15) is 0 Å². The van der Waals surface area contributed by atoms with Gasteiger partial charge in [0.05, 0.1) is 6.04 Å². The summed E-state index contributed by atoms with van der Waals surface area (Å²) in [6.07, 6.45) is 1.93. The number of benzene rings is 7. The van der Waals surface area contributed by atoms with E-state index < -0.39 is 5.41 Å². The number of pyridine rings is 1. The SMILES string of the molecule is Cc1cccc(C)c1-c1ccnc(-n2c3[c-]c(C(c4[c-]c(N5[OH+]N(C(C)C)c6ccccc65)ccc4)(c4ccccc4)c4ccccc4)ccc3c3ccccc32)c1.[Pt]. The Labute approximate surface area is 360 Å². The van der Waals surface area contributed by atoms with Gasteiger partial charge >= 0.3 is 0 Å². The molecule has 59 heavy (non-hydrogen) atoms. The zero-order valence-corrected chi connectivity index (χ0v) is 35.6. The maximum Gasteiger partial charge on any atom is 0.145 e. The summed E-state index contributed by atoms with van der Waals surface area (Å²) in [4.78, 5) is 10.2. The molecule has 0 spiro atoms. The molecule has 0 saturated heterocycles. The molecule has 3 heterocycles. The summed E-state index contributed by atoms with van der Waals surface area (Å²) in [6, 6.07) is 68.6. The number of hydroxylamine groups is 1. The van der Waals surface area contributed by atoms with Crippen molar-refractivity contribution in [3.63, 3.8) is 0 Å². The fraction of sp³-hybridized carbons (Fsp3) is 0.113. The van der Waals surface area contributed by atoms with Gasteiger partial charge in [0.15, 0.2) is 0 Å². The topological polar surface area (TPSA) is 37.1 Å². The number of aromatic nitrogens is 2. The molecule has 2 aromatic heterocycles. The normalized spacial score (nSPS) is 12.6. The summed E-state index contributed by atoms with van der Waals surface area (Å²) in [5.41, 5.74) is 13.3. The van der Waals surface area contributed by atoms with Crippen LogP contribution in [0.15, 0.2) is 176 Å². The zero-order chi connectivity index (χ0) is 39.4. The Kier molecular flexibility index (Phi) is 10.0. The fourth-order valence-electron chi connectivity index (χ4n) is 9.01. The second-order valence-electron chi connectivity index (χ2n) is 15.4. The maximum absolute atomic E-state index is 5.13. The molecule has 1 aliphatic heterocycles. The van der Waals surface area contributed by atoms with Crippen molar-refractivity contribution in [1.82, 2.24) is 9.55 Å². The number of nitrogens with zero attached hydrogens (tertiary/aromatic N) is 4. The molecule has 0 aliphatic carbocycles. The second kappa shape index (κ2) is 15.5. The summed E-state index contributed by atoms with van der Waals surface area (Å²) >= 11 is 0. The molecule has 292 valence electrons. The number of anilines is 3. The summed E-state index contributed by atoms with van der Waals surface area (Å²) < 4.78 is 2.28. The fourth-order valence-corrected chi connectivity index (χ4v) is 9.01. The van der Waals surface area contributed by atoms with Crippen LogP contribution in [0.4, 0.5) is 17.1 Å². The molecule has 0 amide bonds. The van der Waals surface area contributed by atoms with Crippen LogP contribution in [-0.2, 0) is 26.5 Å². The van der Waals surface area contributed by atoms with Gasteiger partial charge < -0.3 is 4.57 Å². The van der Waals surface area contributed by atoms with Crippen molar-refractivity contribution in [2.24, 2.45) is 0 Å². The molecule has 7 aromatic carbocycles. The number of hydrogen-bond acceptors (Lipinski definition) is 3. The van der Waals surface area contributed by atoms with E-state index in [1.807, 2.05) is 11.3 Å². The molecule has 6 heteroatoms. The predicted octanol–water partition coefficient (Wildman–Crippen LogP) is 12.6. The first kappa shape index (κ1) is 38.3. The Morgan fingerprint density at radius 1 is 0.593 bits per heavy atom. The molecule has 5 nitrogen and oxygen atoms in total. The Hall–Kier alpha value is -6.26. The summed E-state index contributed by atoms with van der Waals surface area (Å²) in [5, 5.41) is 6.38. The first-order valence-electron chi connectivity index (χ1n) is 20.0. The first-order valence-corrected chi connectivity index (χ1v) is 20.0. The van der Waals surface area contributed by atoms with Crippen LogP contribution in [0.1, 0.15) is 47.2 Å². The Morgan fingerprint density at radius 2 is 1.22 bits per heavy atom. The van der Waals surface area contributed by atoms with Gasteiger partial charge in [-0.05, 0) is 96.8 Å². The van der Waals surface area contributed by atoms with Crippen LogP contribution in [-0.4, -0.2) is 20.5 Å². The third-order valence-electron chi connectivity index (χ3n) is 11.6. The van der Waals surface area contributed by atoms with Crippen LogP contribution in [0.25, 0.3) is 38.8 Å². The molecule has 0 atom stereocenters. The zero-order valence-electron chi connectivity index (χ0n) is 33.4. The standard InChI is InChI=1S/C53H42N4O.Pt/c1-36(2)56-48-27-13-14-28-49(48)57(58-56)44-24-16-23-42(34-44)53(40-19-7-5-8-20-40,41-21-9-6-10-22-41)43-29-30-46-45-25-11-12-26-47(45)55(50(46)35-43)51-33-39(31-32-54-51)52-37(3)17-15-18-38(52)4;/h5-33,36H,1-4H3;/q-2;/p+1. The Bertz CT molecular complexity index is 2900. The van der Waals surface area contributed by atoms with Crippen LogP contribution in [0, 0.1) is 26.0 Å².